The number of rotatable bonds is 1. The lowest BCUT2D eigenvalue weighted by Crippen LogP contribution is -2.50. The summed E-state index contributed by atoms with van der Waals surface area (Å²) >= 11 is 0. The van der Waals surface area contributed by atoms with Crippen molar-refractivity contribution < 1.29 is 26.7 Å². The number of fused-ring (bicyclic) bond motifs is 1. The van der Waals surface area contributed by atoms with Crippen molar-refractivity contribution in [2.24, 2.45) is 0 Å². The van der Waals surface area contributed by atoms with Gasteiger partial charge in [-0.1, -0.05) is 0 Å². The maximum Gasteiger partial charge on any atom is 0.516 e. The van der Waals surface area contributed by atoms with Crippen molar-refractivity contribution in [3.63, 3.8) is 0 Å². The molecule has 1 aliphatic heterocycles. The quantitative estimate of drug-likeness (QED) is 0.868. The lowest BCUT2D eigenvalue weighted by Gasteiger charge is -2.33. The zero-order valence-electron chi connectivity index (χ0n) is 11.1. The van der Waals surface area contributed by atoms with Crippen LogP contribution in [0, 0.1) is 6.92 Å². The summed E-state index contributed by atoms with van der Waals surface area (Å²) in [5, 5.41) is 9.83. The van der Waals surface area contributed by atoms with E-state index >= 15 is 0 Å². The molecule has 2 rings (SSSR count). The van der Waals surface area contributed by atoms with Gasteiger partial charge in [0.1, 0.15) is 5.75 Å². The van der Waals surface area contributed by atoms with E-state index in [4.69, 9.17) is 0 Å². The predicted octanol–water partition coefficient (Wildman–Crippen LogP) is 2.69. The number of halogens is 3. The number of phenolic OH excluding ortho intramolecular Hbond substituents is 1. The molecular weight excluding hydrogens is 295 g/mol. The fourth-order valence-electron chi connectivity index (χ4n) is 2.53. The Labute approximate surface area is 114 Å². The Morgan fingerprint density at radius 2 is 1.85 bits per heavy atom. The molecule has 0 saturated carbocycles. The standard InChI is InChI=1S/C12H14F3NO3S/c1-7-4-9-8(10(17)5-7)6-11(2,3)16(9)20(18,19)12(13,14)15/h4-5,17H,6H2,1-3H3. The molecule has 1 aromatic carbocycles. The highest BCUT2D eigenvalue weighted by atomic mass is 32.2. The van der Waals surface area contributed by atoms with Gasteiger partial charge in [0.05, 0.1) is 11.2 Å². The summed E-state index contributed by atoms with van der Waals surface area (Å²) in [5.74, 6) is -0.187. The Morgan fingerprint density at radius 1 is 1.30 bits per heavy atom. The molecule has 0 fully saturated rings. The number of hydrogen-bond acceptors (Lipinski definition) is 3. The van der Waals surface area contributed by atoms with Crippen LogP contribution in [0.5, 0.6) is 5.75 Å². The second-order valence-electron chi connectivity index (χ2n) is 5.49. The fourth-order valence-corrected chi connectivity index (χ4v) is 3.87. The summed E-state index contributed by atoms with van der Waals surface area (Å²) in [6.45, 7) is 4.36. The van der Waals surface area contributed by atoms with Crippen LogP contribution in [0.15, 0.2) is 12.1 Å². The number of benzene rings is 1. The molecule has 0 radical (unpaired) electrons. The molecule has 1 aromatic rings. The van der Waals surface area contributed by atoms with Crippen molar-refractivity contribution in [2.45, 2.75) is 38.2 Å². The third-order valence-corrected chi connectivity index (χ3v) is 5.01. The lowest BCUT2D eigenvalue weighted by atomic mass is 9.99. The largest absolute Gasteiger partial charge is 0.516 e. The molecule has 0 bridgehead atoms. The van der Waals surface area contributed by atoms with E-state index in [1.807, 2.05) is 0 Å². The minimum Gasteiger partial charge on any atom is -0.508 e. The molecular formula is C12H14F3NO3S. The van der Waals surface area contributed by atoms with Crippen LogP contribution in [0.4, 0.5) is 18.9 Å². The van der Waals surface area contributed by atoms with Crippen molar-refractivity contribution in [3.8, 4) is 5.75 Å². The van der Waals surface area contributed by atoms with Crippen molar-refractivity contribution in [2.75, 3.05) is 4.31 Å². The molecule has 0 aliphatic carbocycles. The normalized spacial score (nSPS) is 18.2. The smallest absolute Gasteiger partial charge is 0.508 e. The van der Waals surface area contributed by atoms with E-state index in [9.17, 15) is 26.7 Å². The van der Waals surface area contributed by atoms with Gasteiger partial charge in [-0.3, -0.25) is 4.31 Å². The topological polar surface area (TPSA) is 57.6 Å². The molecule has 1 N–H and O–H groups in total. The van der Waals surface area contributed by atoms with Gasteiger partial charge in [0.2, 0.25) is 0 Å². The van der Waals surface area contributed by atoms with Gasteiger partial charge in [0, 0.05) is 12.0 Å². The Kier molecular flexibility index (Phi) is 3.02. The van der Waals surface area contributed by atoms with E-state index in [1.54, 1.807) is 6.92 Å². The molecule has 0 spiro atoms. The van der Waals surface area contributed by atoms with Crippen LogP contribution in [0.25, 0.3) is 0 Å². The van der Waals surface area contributed by atoms with Gasteiger partial charge in [0.15, 0.2) is 0 Å². The first-order chi connectivity index (χ1) is 8.88. The molecule has 1 aliphatic rings. The Morgan fingerprint density at radius 3 is 2.35 bits per heavy atom. The fraction of sp³-hybridized carbons (Fsp3) is 0.500. The third-order valence-electron chi connectivity index (χ3n) is 3.26. The Balaban J connectivity index is 2.73. The van der Waals surface area contributed by atoms with Gasteiger partial charge in [-0.25, -0.2) is 0 Å². The first-order valence-electron chi connectivity index (χ1n) is 5.82. The van der Waals surface area contributed by atoms with E-state index in [1.165, 1.54) is 26.0 Å². The van der Waals surface area contributed by atoms with Gasteiger partial charge >= 0.3 is 15.5 Å². The Hall–Kier alpha value is -1.44. The second-order valence-corrected chi connectivity index (χ2v) is 7.26. The number of alkyl halides is 3. The number of anilines is 1. The van der Waals surface area contributed by atoms with E-state index in [2.05, 4.69) is 0 Å². The van der Waals surface area contributed by atoms with Crippen LogP contribution in [0.2, 0.25) is 0 Å². The first-order valence-corrected chi connectivity index (χ1v) is 7.26. The average Bonchev–Trinajstić information content (AvgIpc) is 2.47. The molecule has 0 aromatic heterocycles. The number of phenols is 1. The van der Waals surface area contributed by atoms with Gasteiger partial charge in [0.25, 0.3) is 0 Å². The molecule has 0 unspecified atom stereocenters. The zero-order chi connectivity index (χ0) is 15.5. The maximum atomic E-state index is 12.8. The van der Waals surface area contributed by atoms with Crippen LogP contribution >= 0.6 is 0 Å². The highest BCUT2D eigenvalue weighted by Gasteiger charge is 2.57. The Bertz CT molecular complexity index is 665. The summed E-state index contributed by atoms with van der Waals surface area (Å²) in [6, 6.07) is 2.74. The van der Waals surface area contributed by atoms with Gasteiger partial charge in [-0.15, -0.1) is 0 Å². The van der Waals surface area contributed by atoms with Crippen molar-refractivity contribution in [1.82, 2.24) is 0 Å². The minimum atomic E-state index is -5.51. The number of aromatic hydroxyl groups is 1. The molecule has 8 heteroatoms. The number of sulfonamides is 1. The predicted molar refractivity (Wildman–Crippen MR) is 68.1 cm³/mol. The van der Waals surface area contributed by atoms with E-state index in [-0.39, 0.29) is 23.4 Å². The molecule has 112 valence electrons. The second kappa shape index (κ2) is 4.03. The summed E-state index contributed by atoms with van der Waals surface area (Å²) in [7, 11) is -5.51. The number of hydrogen-bond donors (Lipinski definition) is 1. The highest BCUT2D eigenvalue weighted by Crippen LogP contribution is 2.47. The monoisotopic (exact) mass is 309 g/mol. The van der Waals surface area contributed by atoms with E-state index in [0.29, 0.717) is 9.87 Å². The van der Waals surface area contributed by atoms with Crippen molar-refractivity contribution >= 4 is 15.7 Å². The summed E-state index contributed by atoms with van der Waals surface area (Å²) < 4.78 is 62.4. The molecule has 0 atom stereocenters. The van der Waals surface area contributed by atoms with Crippen LogP contribution < -0.4 is 4.31 Å². The minimum absolute atomic E-state index is 0.0176. The van der Waals surface area contributed by atoms with Gasteiger partial charge in [-0.2, -0.15) is 21.6 Å². The van der Waals surface area contributed by atoms with Crippen LogP contribution in [0.1, 0.15) is 25.0 Å². The van der Waals surface area contributed by atoms with Crippen molar-refractivity contribution in [1.29, 1.82) is 0 Å². The summed E-state index contributed by atoms with van der Waals surface area (Å²) in [6.07, 6.45) is 0.0176. The summed E-state index contributed by atoms with van der Waals surface area (Å²) in [4.78, 5) is 0. The number of nitrogens with zero attached hydrogens (tertiary/aromatic N) is 1. The SMILES string of the molecule is Cc1cc(O)c2c(c1)N(S(=O)(=O)C(F)(F)F)C(C)(C)C2. The van der Waals surface area contributed by atoms with Crippen LogP contribution in [0.3, 0.4) is 0 Å². The first kappa shape index (κ1) is 15.0. The molecule has 4 nitrogen and oxygen atoms in total. The lowest BCUT2D eigenvalue weighted by molar-refractivity contribution is -0.0442. The summed E-state index contributed by atoms with van der Waals surface area (Å²) in [5.41, 5.74) is -6.08. The molecule has 0 saturated heterocycles. The van der Waals surface area contributed by atoms with E-state index in [0.717, 1.165) is 0 Å². The maximum absolute atomic E-state index is 12.8. The average molecular weight is 309 g/mol. The van der Waals surface area contributed by atoms with Crippen molar-refractivity contribution in [3.05, 3.63) is 23.3 Å². The van der Waals surface area contributed by atoms with Crippen LogP contribution in [-0.4, -0.2) is 24.6 Å². The third kappa shape index (κ3) is 2.02. The van der Waals surface area contributed by atoms with Gasteiger partial charge in [-0.05, 0) is 38.5 Å². The highest BCUT2D eigenvalue weighted by molar-refractivity contribution is 7.93. The van der Waals surface area contributed by atoms with Crippen LogP contribution in [-0.2, 0) is 16.4 Å². The molecule has 0 amide bonds. The zero-order valence-corrected chi connectivity index (χ0v) is 11.9. The van der Waals surface area contributed by atoms with Gasteiger partial charge < -0.3 is 5.11 Å². The number of aryl methyl sites for hydroxylation is 1. The molecule has 1 heterocycles. The molecule has 20 heavy (non-hydrogen) atoms. The van der Waals surface area contributed by atoms with E-state index < -0.39 is 21.1 Å².